The normalized spacial score (nSPS) is 14.5. The molecule has 1 atom stereocenters. The van der Waals surface area contributed by atoms with Crippen LogP contribution >= 0.6 is 0 Å². The number of rotatable bonds is 3. The number of ether oxygens (including phenoxy) is 1. The van der Waals surface area contributed by atoms with Crippen molar-refractivity contribution in [2.45, 2.75) is 25.8 Å². The average Bonchev–Trinajstić information content (AvgIpc) is 1.53. The molecule has 0 heterocycles. The van der Waals surface area contributed by atoms with E-state index in [-0.39, 0.29) is 0 Å². The van der Waals surface area contributed by atoms with Gasteiger partial charge in [-0.2, -0.15) is 0 Å². The zero-order chi connectivity index (χ0) is 9.07. The highest BCUT2D eigenvalue weighted by Crippen LogP contribution is 2.19. The van der Waals surface area contributed by atoms with E-state index >= 15 is 0 Å². The van der Waals surface area contributed by atoms with Crippen LogP contribution in [0.1, 0.15) is 13.3 Å². The van der Waals surface area contributed by atoms with E-state index in [2.05, 4.69) is 4.74 Å². The maximum absolute atomic E-state index is 11.3. The molecule has 0 amide bonds. The van der Waals surface area contributed by atoms with Crippen molar-refractivity contribution >= 4 is 5.97 Å². The summed E-state index contributed by atoms with van der Waals surface area (Å²) in [5, 5.41) is 8.03. The lowest BCUT2D eigenvalue weighted by Gasteiger charge is -2.12. The van der Waals surface area contributed by atoms with E-state index in [1.165, 1.54) is 0 Å². The Bertz CT molecular complexity index is 142. The van der Waals surface area contributed by atoms with Crippen LogP contribution in [-0.2, 0) is 9.53 Å². The number of halogens is 3. The fourth-order valence-corrected chi connectivity index (χ4v) is 0.516. The van der Waals surface area contributed by atoms with Gasteiger partial charge in [-0.25, -0.2) is 0 Å². The quantitative estimate of drug-likeness (QED) is 0.699. The molecule has 0 aliphatic rings. The molecule has 66 valence electrons. The van der Waals surface area contributed by atoms with Gasteiger partial charge in [0, 0.05) is 0 Å². The summed E-state index contributed by atoms with van der Waals surface area (Å²) in [4.78, 5) is 9.85. The van der Waals surface area contributed by atoms with Crippen LogP contribution in [0.2, 0.25) is 0 Å². The second-order valence-electron chi connectivity index (χ2n) is 1.97. The van der Waals surface area contributed by atoms with E-state index < -0.39 is 24.9 Å². The topological polar surface area (TPSA) is 46.5 Å². The molecule has 0 unspecified atom stereocenters. The van der Waals surface area contributed by atoms with Gasteiger partial charge in [0.1, 0.15) is 0 Å². The van der Waals surface area contributed by atoms with Gasteiger partial charge in [0.05, 0.1) is 12.5 Å². The number of carboxylic acid groups (broad SMARTS) is 1. The molecule has 0 aromatic heterocycles. The molecule has 0 radical (unpaired) electrons. The smallest absolute Gasteiger partial charge is 0.481 e. The van der Waals surface area contributed by atoms with Crippen LogP contribution in [0.15, 0.2) is 0 Å². The van der Waals surface area contributed by atoms with Crippen LogP contribution in [0.25, 0.3) is 0 Å². The molecule has 0 fully saturated rings. The summed E-state index contributed by atoms with van der Waals surface area (Å²) in [5.74, 6) is -1.32. The maximum atomic E-state index is 11.3. The number of carboxylic acids is 1. The Labute approximate surface area is 60.8 Å². The number of alkyl halides is 3. The summed E-state index contributed by atoms with van der Waals surface area (Å²) >= 11 is 0. The number of aliphatic carboxylic acids is 1. The Balaban J connectivity index is 3.69. The van der Waals surface area contributed by atoms with Gasteiger partial charge in [-0.3, -0.25) is 9.53 Å². The van der Waals surface area contributed by atoms with Gasteiger partial charge in [0.15, 0.2) is 0 Å². The van der Waals surface area contributed by atoms with Gasteiger partial charge < -0.3 is 5.11 Å². The third-order valence-electron chi connectivity index (χ3n) is 0.797. The minimum Gasteiger partial charge on any atom is -0.481 e. The molecule has 0 aliphatic heterocycles. The first kappa shape index (κ1) is 10.2. The Kier molecular flexibility index (Phi) is 3.31. The van der Waals surface area contributed by atoms with E-state index in [0.717, 1.165) is 6.92 Å². The predicted octanol–water partition coefficient (Wildman–Crippen LogP) is 1.39. The average molecular weight is 172 g/mol. The van der Waals surface area contributed by atoms with Gasteiger partial charge >= 0.3 is 12.3 Å². The van der Waals surface area contributed by atoms with Crippen molar-refractivity contribution in [3.8, 4) is 0 Å². The van der Waals surface area contributed by atoms with E-state index in [4.69, 9.17) is 5.11 Å². The lowest BCUT2D eigenvalue weighted by molar-refractivity contribution is -0.340. The second kappa shape index (κ2) is 3.56. The fourth-order valence-electron chi connectivity index (χ4n) is 0.516. The monoisotopic (exact) mass is 172 g/mol. The summed E-state index contributed by atoms with van der Waals surface area (Å²) in [6, 6.07) is 0. The maximum Gasteiger partial charge on any atom is 0.522 e. The molecule has 0 bridgehead atoms. The highest BCUT2D eigenvalue weighted by atomic mass is 19.4. The molecular formula is C5H7F3O3. The van der Waals surface area contributed by atoms with Crippen molar-refractivity contribution in [3.05, 3.63) is 0 Å². The summed E-state index contributed by atoms with van der Waals surface area (Å²) in [6.45, 7) is 1.04. The lowest BCUT2D eigenvalue weighted by Crippen LogP contribution is -2.23. The van der Waals surface area contributed by atoms with Crippen LogP contribution in [0.3, 0.4) is 0 Å². The zero-order valence-electron chi connectivity index (χ0n) is 5.68. The molecule has 0 saturated carbocycles. The van der Waals surface area contributed by atoms with E-state index in [1.807, 2.05) is 0 Å². The van der Waals surface area contributed by atoms with Gasteiger partial charge in [-0.05, 0) is 6.92 Å². The first-order valence-electron chi connectivity index (χ1n) is 2.77. The summed E-state index contributed by atoms with van der Waals surface area (Å²) < 4.78 is 37.4. The highest BCUT2D eigenvalue weighted by molar-refractivity contribution is 5.67. The molecular weight excluding hydrogens is 165 g/mol. The minimum absolute atomic E-state index is 0.653. The SMILES string of the molecule is C[C@H](CC(=O)O)OC(F)(F)F. The van der Waals surface area contributed by atoms with Crippen molar-refractivity contribution in [2.75, 3.05) is 0 Å². The highest BCUT2D eigenvalue weighted by Gasteiger charge is 2.32. The fraction of sp³-hybridized carbons (Fsp3) is 0.800. The van der Waals surface area contributed by atoms with E-state index in [1.54, 1.807) is 0 Å². The largest absolute Gasteiger partial charge is 0.522 e. The molecule has 0 rings (SSSR count). The van der Waals surface area contributed by atoms with Crippen molar-refractivity contribution < 1.29 is 27.8 Å². The molecule has 0 aromatic carbocycles. The number of carbonyl (C=O) groups is 1. The molecule has 0 aromatic rings. The van der Waals surface area contributed by atoms with Crippen LogP contribution < -0.4 is 0 Å². The van der Waals surface area contributed by atoms with Gasteiger partial charge in [-0.1, -0.05) is 0 Å². The lowest BCUT2D eigenvalue weighted by atomic mass is 10.3. The second-order valence-corrected chi connectivity index (χ2v) is 1.97. The van der Waals surface area contributed by atoms with Crippen LogP contribution in [-0.4, -0.2) is 23.5 Å². The van der Waals surface area contributed by atoms with Crippen molar-refractivity contribution in [1.29, 1.82) is 0 Å². The Morgan fingerprint density at radius 3 is 2.36 bits per heavy atom. The van der Waals surface area contributed by atoms with E-state index in [9.17, 15) is 18.0 Å². The summed E-state index contributed by atoms with van der Waals surface area (Å²) in [7, 11) is 0. The zero-order valence-corrected chi connectivity index (χ0v) is 5.68. The number of hydrogen-bond donors (Lipinski definition) is 1. The molecule has 1 N–H and O–H groups in total. The Morgan fingerprint density at radius 1 is 1.64 bits per heavy atom. The van der Waals surface area contributed by atoms with Crippen LogP contribution in [0, 0.1) is 0 Å². The molecule has 0 saturated heterocycles. The third-order valence-corrected chi connectivity index (χ3v) is 0.797. The van der Waals surface area contributed by atoms with Crippen molar-refractivity contribution in [1.82, 2.24) is 0 Å². The molecule has 11 heavy (non-hydrogen) atoms. The molecule has 0 spiro atoms. The number of hydrogen-bond acceptors (Lipinski definition) is 2. The van der Waals surface area contributed by atoms with Crippen LogP contribution in [0.4, 0.5) is 13.2 Å². The van der Waals surface area contributed by atoms with Gasteiger partial charge in [-0.15, -0.1) is 13.2 Å². The van der Waals surface area contributed by atoms with Crippen molar-refractivity contribution in [2.24, 2.45) is 0 Å². The third kappa shape index (κ3) is 7.11. The Morgan fingerprint density at radius 2 is 2.09 bits per heavy atom. The standard InChI is InChI=1S/C5H7F3O3/c1-3(2-4(9)10)11-5(6,7)8/h3H,2H2,1H3,(H,9,10)/t3-/m1/s1. The predicted molar refractivity (Wildman–Crippen MR) is 28.9 cm³/mol. The van der Waals surface area contributed by atoms with E-state index in [0.29, 0.717) is 0 Å². The summed E-state index contributed by atoms with van der Waals surface area (Å²) in [6.07, 6.45) is -6.75. The first-order valence-corrected chi connectivity index (χ1v) is 2.77. The molecule has 0 aliphatic carbocycles. The molecule has 6 heteroatoms. The minimum atomic E-state index is -4.76. The first-order chi connectivity index (χ1) is 4.81. The Hall–Kier alpha value is -0.780. The molecule has 3 nitrogen and oxygen atoms in total. The summed E-state index contributed by atoms with van der Waals surface area (Å²) in [5.41, 5.74) is 0. The van der Waals surface area contributed by atoms with Crippen molar-refractivity contribution in [3.63, 3.8) is 0 Å². The van der Waals surface area contributed by atoms with Crippen LogP contribution in [0.5, 0.6) is 0 Å². The van der Waals surface area contributed by atoms with Gasteiger partial charge in [0.25, 0.3) is 0 Å². The van der Waals surface area contributed by atoms with Gasteiger partial charge in [0.2, 0.25) is 0 Å².